The molecule has 0 aromatic rings. The molecule has 14 heavy (non-hydrogen) atoms. The fourth-order valence-corrected chi connectivity index (χ4v) is 2.35. The van der Waals surface area contributed by atoms with E-state index in [1.54, 1.807) is 0 Å². The second kappa shape index (κ2) is 3.71. The number of nitrogens with zero attached hydrogens (tertiary/aromatic N) is 1. The maximum absolute atomic E-state index is 10.9. The van der Waals surface area contributed by atoms with Crippen LogP contribution in [0.5, 0.6) is 0 Å². The van der Waals surface area contributed by atoms with Crippen LogP contribution in [0.4, 0.5) is 0 Å². The summed E-state index contributed by atoms with van der Waals surface area (Å²) in [5, 5.41) is 9.13. The number of aliphatic hydroxyl groups excluding tert-OH is 1. The number of carbonyl (C=O) groups excluding carboxylic acids is 1. The average Bonchev–Trinajstić information content (AvgIpc) is 2.67. The molecule has 2 rings (SSSR count). The summed E-state index contributed by atoms with van der Waals surface area (Å²) in [5.74, 6) is -0.235. The Kier molecular flexibility index (Phi) is 2.56. The van der Waals surface area contributed by atoms with E-state index >= 15 is 0 Å². The summed E-state index contributed by atoms with van der Waals surface area (Å²) in [4.78, 5) is 13.1. The van der Waals surface area contributed by atoms with E-state index in [-0.39, 0.29) is 24.7 Å². The lowest BCUT2D eigenvalue weighted by Crippen LogP contribution is -2.35. The zero-order valence-electron chi connectivity index (χ0n) is 8.27. The number of ether oxygens (including phenoxy) is 1. The second-order valence-corrected chi connectivity index (χ2v) is 3.81. The molecule has 0 aromatic heterocycles. The van der Waals surface area contributed by atoms with E-state index in [4.69, 9.17) is 9.84 Å². The first-order chi connectivity index (χ1) is 6.72. The van der Waals surface area contributed by atoms with Gasteiger partial charge in [0, 0.05) is 20.0 Å². The highest BCUT2D eigenvalue weighted by Gasteiger charge is 2.40. The highest BCUT2D eigenvalue weighted by atomic mass is 16.5. The van der Waals surface area contributed by atoms with Gasteiger partial charge in [-0.3, -0.25) is 9.69 Å². The van der Waals surface area contributed by atoms with E-state index < -0.39 is 0 Å². The largest absolute Gasteiger partial charge is 0.460 e. The highest BCUT2D eigenvalue weighted by Crippen LogP contribution is 2.30. The van der Waals surface area contributed by atoms with Crippen molar-refractivity contribution in [2.45, 2.75) is 25.5 Å². The van der Waals surface area contributed by atoms with Gasteiger partial charge in [0.1, 0.15) is 6.10 Å². The summed E-state index contributed by atoms with van der Waals surface area (Å²) >= 11 is 0. The van der Waals surface area contributed by atoms with Crippen molar-refractivity contribution in [2.75, 3.05) is 19.7 Å². The van der Waals surface area contributed by atoms with Crippen molar-refractivity contribution >= 4 is 5.97 Å². The van der Waals surface area contributed by atoms with Crippen LogP contribution in [0.25, 0.3) is 0 Å². The fraction of sp³-hybridized carbons (Fsp3) is 0.700. The number of hydrogen-bond donors (Lipinski definition) is 1. The van der Waals surface area contributed by atoms with Crippen LogP contribution in [0.1, 0.15) is 13.3 Å². The second-order valence-electron chi connectivity index (χ2n) is 3.81. The Morgan fingerprint density at radius 1 is 1.79 bits per heavy atom. The molecule has 0 radical (unpaired) electrons. The van der Waals surface area contributed by atoms with Gasteiger partial charge in [-0.25, -0.2) is 0 Å². The van der Waals surface area contributed by atoms with Crippen molar-refractivity contribution < 1.29 is 14.6 Å². The molecular formula is C10H15NO3. The maximum Gasteiger partial charge on any atom is 0.302 e. The zero-order valence-corrected chi connectivity index (χ0v) is 8.27. The van der Waals surface area contributed by atoms with Crippen LogP contribution in [0, 0.1) is 0 Å². The van der Waals surface area contributed by atoms with E-state index in [1.807, 2.05) is 6.08 Å². The standard InChI is InChI=1S/C10H15NO3/c1-7(13)14-9-3-5-11-4-2-8(6-12)10(9)11/h2,9-10,12H,3-6H2,1H3/t9-,10?/m1/s1. The number of carbonyl (C=O) groups is 1. The molecule has 0 saturated carbocycles. The lowest BCUT2D eigenvalue weighted by Gasteiger charge is -2.22. The molecule has 1 unspecified atom stereocenters. The predicted molar refractivity (Wildman–Crippen MR) is 50.7 cm³/mol. The molecule has 0 aliphatic carbocycles. The first-order valence-corrected chi connectivity index (χ1v) is 4.93. The number of fused-ring (bicyclic) bond motifs is 1. The van der Waals surface area contributed by atoms with Gasteiger partial charge in [-0.05, 0) is 12.0 Å². The Morgan fingerprint density at radius 3 is 3.21 bits per heavy atom. The molecule has 4 heteroatoms. The lowest BCUT2D eigenvalue weighted by atomic mass is 10.1. The molecule has 2 heterocycles. The summed E-state index contributed by atoms with van der Waals surface area (Å²) < 4.78 is 5.22. The van der Waals surface area contributed by atoms with Gasteiger partial charge < -0.3 is 9.84 Å². The van der Waals surface area contributed by atoms with Gasteiger partial charge in [0.05, 0.1) is 12.6 Å². The molecule has 0 amide bonds. The molecule has 0 spiro atoms. The SMILES string of the molecule is CC(=O)O[C@@H]1CCN2CC=C(CO)C12. The third-order valence-electron chi connectivity index (χ3n) is 2.91. The Balaban J connectivity index is 2.07. The molecule has 78 valence electrons. The molecule has 0 aromatic carbocycles. The van der Waals surface area contributed by atoms with E-state index in [2.05, 4.69) is 4.90 Å². The van der Waals surface area contributed by atoms with E-state index in [1.165, 1.54) is 6.92 Å². The van der Waals surface area contributed by atoms with Gasteiger partial charge in [-0.1, -0.05) is 6.08 Å². The minimum absolute atomic E-state index is 0.0617. The van der Waals surface area contributed by atoms with Crippen LogP contribution in [0.15, 0.2) is 11.6 Å². The van der Waals surface area contributed by atoms with E-state index in [0.717, 1.165) is 25.1 Å². The van der Waals surface area contributed by atoms with Crippen LogP contribution in [-0.2, 0) is 9.53 Å². The van der Waals surface area contributed by atoms with Gasteiger partial charge in [0.2, 0.25) is 0 Å². The average molecular weight is 197 g/mol. The van der Waals surface area contributed by atoms with Crippen molar-refractivity contribution in [2.24, 2.45) is 0 Å². The van der Waals surface area contributed by atoms with Gasteiger partial charge in [-0.15, -0.1) is 0 Å². The quantitative estimate of drug-likeness (QED) is 0.497. The Hall–Kier alpha value is -0.870. The van der Waals surface area contributed by atoms with Crippen LogP contribution in [0.3, 0.4) is 0 Å². The first-order valence-electron chi connectivity index (χ1n) is 4.93. The molecule has 1 N–H and O–H groups in total. The molecule has 2 aliphatic heterocycles. The molecule has 0 bridgehead atoms. The summed E-state index contributed by atoms with van der Waals surface area (Å²) in [7, 11) is 0. The summed E-state index contributed by atoms with van der Waals surface area (Å²) in [6.45, 7) is 3.32. The number of esters is 1. The highest BCUT2D eigenvalue weighted by molar-refractivity contribution is 5.66. The molecule has 1 saturated heterocycles. The smallest absolute Gasteiger partial charge is 0.302 e. The fourth-order valence-electron chi connectivity index (χ4n) is 2.35. The van der Waals surface area contributed by atoms with Crippen molar-refractivity contribution in [3.8, 4) is 0 Å². The lowest BCUT2D eigenvalue weighted by molar-refractivity contribution is -0.146. The Labute approximate surface area is 83.2 Å². The first kappa shape index (κ1) is 9.68. The van der Waals surface area contributed by atoms with Gasteiger partial charge in [0.25, 0.3) is 0 Å². The third kappa shape index (κ3) is 1.55. The van der Waals surface area contributed by atoms with Crippen molar-refractivity contribution in [1.82, 2.24) is 4.90 Å². The van der Waals surface area contributed by atoms with Crippen LogP contribution < -0.4 is 0 Å². The molecule has 4 nitrogen and oxygen atoms in total. The Bertz CT molecular complexity index is 275. The van der Waals surface area contributed by atoms with Crippen LogP contribution in [0.2, 0.25) is 0 Å². The van der Waals surface area contributed by atoms with Crippen LogP contribution >= 0.6 is 0 Å². The monoisotopic (exact) mass is 197 g/mol. The summed E-state index contributed by atoms with van der Waals surface area (Å²) in [6, 6.07) is 0.129. The molecular weight excluding hydrogens is 182 g/mol. The molecule has 2 atom stereocenters. The summed E-state index contributed by atoms with van der Waals surface area (Å²) in [6.07, 6.45) is 2.84. The molecule has 1 fully saturated rings. The predicted octanol–water partition coefficient (Wildman–Crippen LogP) is -0.0753. The third-order valence-corrected chi connectivity index (χ3v) is 2.91. The minimum Gasteiger partial charge on any atom is -0.460 e. The van der Waals surface area contributed by atoms with Crippen molar-refractivity contribution in [3.05, 3.63) is 11.6 Å². The van der Waals surface area contributed by atoms with Crippen molar-refractivity contribution in [1.29, 1.82) is 0 Å². The Morgan fingerprint density at radius 2 is 2.57 bits per heavy atom. The van der Waals surface area contributed by atoms with Gasteiger partial charge >= 0.3 is 5.97 Å². The van der Waals surface area contributed by atoms with Gasteiger partial charge in [0.15, 0.2) is 0 Å². The van der Waals surface area contributed by atoms with Crippen LogP contribution in [-0.4, -0.2) is 47.8 Å². The van der Waals surface area contributed by atoms with E-state index in [0.29, 0.717) is 0 Å². The van der Waals surface area contributed by atoms with E-state index in [9.17, 15) is 4.79 Å². The normalized spacial score (nSPS) is 31.4. The number of aliphatic hydroxyl groups is 1. The topological polar surface area (TPSA) is 49.8 Å². The zero-order chi connectivity index (χ0) is 10.1. The van der Waals surface area contributed by atoms with Gasteiger partial charge in [-0.2, -0.15) is 0 Å². The number of rotatable bonds is 2. The molecule has 2 aliphatic rings. The van der Waals surface area contributed by atoms with Crippen molar-refractivity contribution in [3.63, 3.8) is 0 Å². The minimum atomic E-state index is -0.235. The maximum atomic E-state index is 10.9. The number of hydrogen-bond acceptors (Lipinski definition) is 4. The summed E-state index contributed by atoms with van der Waals surface area (Å²) in [5.41, 5.74) is 0.994.